The zero-order valence-corrected chi connectivity index (χ0v) is 12.4. The summed E-state index contributed by atoms with van der Waals surface area (Å²) >= 11 is 0. The Kier molecular flexibility index (Phi) is 5.15. The fraction of sp³-hybridized carbons (Fsp3) is 0.562. The highest BCUT2D eigenvalue weighted by Crippen LogP contribution is 2.31. The van der Waals surface area contributed by atoms with Gasteiger partial charge in [-0.3, -0.25) is 4.79 Å². The molecule has 0 bridgehead atoms. The minimum atomic E-state index is -0.265. The lowest BCUT2D eigenvalue weighted by molar-refractivity contribution is -0.124. The van der Waals surface area contributed by atoms with Crippen molar-refractivity contribution in [2.75, 3.05) is 25.0 Å². The molecule has 20 heavy (non-hydrogen) atoms. The zero-order chi connectivity index (χ0) is 14.4. The van der Waals surface area contributed by atoms with E-state index in [2.05, 4.69) is 17.6 Å². The molecule has 2 N–H and O–H groups in total. The number of amides is 1. The molecular formula is C16H24N2O2. The van der Waals surface area contributed by atoms with Crippen molar-refractivity contribution in [3.05, 3.63) is 29.8 Å². The van der Waals surface area contributed by atoms with Crippen LogP contribution in [0.2, 0.25) is 0 Å². The average molecular weight is 276 g/mol. The lowest BCUT2D eigenvalue weighted by Crippen LogP contribution is -2.37. The summed E-state index contributed by atoms with van der Waals surface area (Å²) in [6.45, 7) is 6.94. The van der Waals surface area contributed by atoms with Crippen LogP contribution >= 0.6 is 0 Å². The first-order valence-electron chi connectivity index (χ1n) is 7.39. The van der Waals surface area contributed by atoms with Crippen LogP contribution in [0, 0.1) is 5.41 Å². The number of ether oxygens (including phenoxy) is 1. The van der Waals surface area contributed by atoms with E-state index >= 15 is 0 Å². The summed E-state index contributed by atoms with van der Waals surface area (Å²) in [7, 11) is 0. The van der Waals surface area contributed by atoms with Crippen molar-refractivity contribution < 1.29 is 9.53 Å². The Morgan fingerprint density at radius 2 is 2.20 bits per heavy atom. The van der Waals surface area contributed by atoms with Crippen molar-refractivity contribution in [3.8, 4) is 0 Å². The number of carbonyl (C=O) groups is 1. The minimum absolute atomic E-state index is 0.119. The summed E-state index contributed by atoms with van der Waals surface area (Å²) in [5, 5.41) is 6.39. The van der Waals surface area contributed by atoms with Gasteiger partial charge < -0.3 is 15.4 Å². The van der Waals surface area contributed by atoms with Crippen molar-refractivity contribution in [2.24, 2.45) is 5.41 Å². The highest BCUT2D eigenvalue weighted by molar-refractivity contribution is 5.96. The molecule has 0 aliphatic carbocycles. The van der Waals surface area contributed by atoms with Crippen LogP contribution in [0.25, 0.3) is 0 Å². The van der Waals surface area contributed by atoms with Gasteiger partial charge in [0.05, 0.1) is 12.0 Å². The molecule has 0 spiro atoms. The predicted octanol–water partition coefficient (Wildman–Crippen LogP) is 2.55. The van der Waals surface area contributed by atoms with Gasteiger partial charge in [-0.05, 0) is 32.4 Å². The van der Waals surface area contributed by atoms with Gasteiger partial charge in [0.15, 0.2) is 0 Å². The lowest BCUT2D eigenvalue weighted by atomic mass is 9.83. The SMILES string of the molecule is CCOCc1ccccc1NC(=O)C1(CC)CCNC1. The quantitative estimate of drug-likeness (QED) is 0.839. The Morgan fingerprint density at radius 1 is 1.40 bits per heavy atom. The maximum absolute atomic E-state index is 12.6. The molecule has 0 radical (unpaired) electrons. The van der Waals surface area contributed by atoms with Gasteiger partial charge in [-0.25, -0.2) is 0 Å². The molecule has 2 rings (SSSR count). The van der Waals surface area contributed by atoms with E-state index in [0.717, 1.165) is 37.2 Å². The van der Waals surface area contributed by atoms with Gasteiger partial charge in [0.2, 0.25) is 5.91 Å². The molecule has 1 fully saturated rings. The topological polar surface area (TPSA) is 50.4 Å². The van der Waals surface area contributed by atoms with Crippen LogP contribution in [0.15, 0.2) is 24.3 Å². The van der Waals surface area contributed by atoms with Gasteiger partial charge in [0.1, 0.15) is 0 Å². The number of hydrogen-bond donors (Lipinski definition) is 2. The molecule has 1 unspecified atom stereocenters. The molecule has 110 valence electrons. The number of benzene rings is 1. The standard InChI is InChI=1S/C16H24N2O2/c1-3-16(9-10-17-12-16)15(19)18-14-8-6-5-7-13(14)11-20-4-2/h5-8,17H,3-4,9-12H2,1-2H3,(H,18,19). The number of anilines is 1. The van der Waals surface area contributed by atoms with Gasteiger partial charge in [0.25, 0.3) is 0 Å². The van der Waals surface area contributed by atoms with E-state index in [1.165, 1.54) is 0 Å². The molecular weight excluding hydrogens is 252 g/mol. The van der Waals surface area contributed by atoms with Crippen molar-refractivity contribution in [2.45, 2.75) is 33.3 Å². The van der Waals surface area contributed by atoms with Crippen LogP contribution < -0.4 is 10.6 Å². The third kappa shape index (κ3) is 3.19. The van der Waals surface area contributed by atoms with Crippen molar-refractivity contribution in [1.82, 2.24) is 5.32 Å². The Bertz CT molecular complexity index is 454. The Labute approximate surface area is 120 Å². The van der Waals surface area contributed by atoms with Crippen LogP contribution in [-0.2, 0) is 16.1 Å². The monoisotopic (exact) mass is 276 g/mol. The Morgan fingerprint density at radius 3 is 2.85 bits per heavy atom. The second-order valence-electron chi connectivity index (χ2n) is 5.31. The van der Waals surface area contributed by atoms with Crippen molar-refractivity contribution >= 4 is 11.6 Å². The summed E-state index contributed by atoms with van der Waals surface area (Å²) < 4.78 is 5.46. The summed E-state index contributed by atoms with van der Waals surface area (Å²) in [6.07, 6.45) is 1.77. The fourth-order valence-corrected chi connectivity index (χ4v) is 2.63. The van der Waals surface area contributed by atoms with Crippen LogP contribution in [0.3, 0.4) is 0 Å². The number of carbonyl (C=O) groups excluding carboxylic acids is 1. The van der Waals surface area contributed by atoms with E-state index in [4.69, 9.17) is 4.74 Å². The van der Waals surface area contributed by atoms with Gasteiger partial charge in [-0.1, -0.05) is 25.1 Å². The molecule has 4 nitrogen and oxygen atoms in total. The molecule has 1 aromatic carbocycles. The predicted molar refractivity (Wildman–Crippen MR) is 80.6 cm³/mol. The van der Waals surface area contributed by atoms with E-state index in [1.807, 2.05) is 31.2 Å². The van der Waals surface area contributed by atoms with Gasteiger partial charge >= 0.3 is 0 Å². The van der Waals surface area contributed by atoms with E-state index in [-0.39, 0.29) is 11.3 Å². The highest BCUT2D eigenvalue weighted by atomic mass is 16.5. The van der Waals surface area contributed by atoms with E-state index < -0.39 is 0 Å². The molecule has 1 amide bonds. The average Bonchev–Trinajstić information content (AvgIpc) is 2.96. The van der Waals surface area contributed by atoms with Crippen molar-refractivity contribution in [1.29, 1.82) is 0 Å². The zero-order valence-electron chi connectivity index (χ0n) is 12.4. The Balaban J connectivity index is 2.11. The van der Waals surface area contributed by atoms with Crippen LogP contribution in [0.4, 0.5) is 5.69 Å². The highest BCUT2D eigenvalue weighted by Gasteiger charge is 2.39. The molecule has 1 aliphatic heterocycles. The molecule has 4 heteroatoms. The second kappa shape index (κ2) is 6.86. The van der Waals surface area contributed by atoms with Crippen LogP contribution in [0.5, 0.6) is 0 Å². The van der Waals surface area contributed by atoms with E-state index in [0.29, 0.717) is 13.2 Å². The first-order chi connectivity index (χ1) is 9.72. The first-order valence-corrected chi connectivity index (χ1v) is 7.39. The largest absolute Gasteiger partial charge is 0.377 e. The molecule has 0 saturated carbocycles. The summed E-state index contributed by atoms with van der Waals surface area (Å²) in [4.78, 5) is 12.6. The molecule has 0 aromatic heterocycles. The van der Waals surface area contributed by atoms with E-state index in [9.17, 15) is 4.79 Å². The summed E-state index contributed by atoms with van der Waals surface area (Å²) in [5.74, 6) is 0.119. The van der Waals surface area contributed by atoms with E-state index in [1.54, 1.807) is 0 Å². The molecule has 1 saturated heterocycles. The fourth-order valence-electron chi connectivity index (χ4n) is 2.63. The van der Waals surface area contributed by atoms with Crippen LogP contribution in [-0.4, -0.2) is 25.6 Å². The van der Waals surface area contributed by atoms with Gasteiger partial charge in [-0.15, -0.1) is 0 Å². The molecule has 1 atom stereocenters. The first kappa shape index (κ1) is 15.0. The number of para-hydroxylation sites is 1. The van der Waals surface area contributed by atoms with Crippen LogP contribution in [0.1, 0.15) is 32.3 Å². The number of rotatable bonds is 6. The van der Waals surface area contributed by atoms with Crippen molar-refractivity contribution in [3.63, 3.8) is 0 Å². The minimum Gasteiger partial charge on any atom is -0.377 e. The maximum atomic E-state index is 12.6. The Hall–Kier alpha value is -1.39. The third-order valence-electron chi connectivity index (χ3n) is 4.13. The lowest BCUT2D eigenvalue weighted by Gasteiger charge is -2.25. The smallest absolute Gasteiger partial charge is 0.231 e. The number of hydrogen-bond acceptors (Lipinski definition) is 3. The molecule has 1 aliphatic rings. The molecule has 1 aromatic rings. The van der Waals surface area contributed by atoms with Gasteiger partial charge in [-0.2, -0.15) is 0 Å². The number of nitrogens with one attached hydrogen (secondary N) is 2. The molecule has 1 heterocycles. The summed E-state index contributed by atoms with van der Waals surface area (Å²) in [6, 6.07) is 7.85. The normalized spacial score (nSPS) is 21.9. The van der Waals surface area contributed by atoms with Gasteiger partial charge in [0, 0.05) is 24.4 Å². The maximum Gasteiger partial charge on any atom is 0.231 e. The summed E-state index contributed by atoms with van der Waals surface area (Å²) in [5.41, 5.74) is 1.63. The second-order valence-corrected chi connectivity index (χ2v) is 5.31. The third-order valence-corrected chi connectivity index (χ3v) is 4.13.